The van der Waals surface area contributed by atoms with Crippen molar-refractivity contribution in [3.05, 3.63) is 222 Å². The van der Waals surface area contributed by atoms with E-state index in [9.17, 15) is 0 Å². The van der Waals surface area contributed by atoms with Gasteiger partial charge >= 0.3 is 0 Å². The predicted molar refractivity (Wildman–Crippen MR) is 227 cm³/mol. The maximum Gasteiger partial charge on any atom is 0.134 e. The highest BCUT2D eigenvalue weighted by Crippen LogP contribution is 2.41. The first-order chi connectivity index (χ1) is 26.7. The Morgan fingerprint density at radius 1 is 0.407 bits per heavy atom. The number of benzene rings is 8. The molecule has 0 amide bonds. The van der Waals surface area contributed by atoms with E-state index >= 15 is 0 Å². The lowest BCUT2D eigenvalue weighted by molar-refractivity contribution is 0.604. The van der Waals surface area contributed by atoms with Crippen LogP contribution in [0.2, 0.25) is 0 Å². The summed E-state index contributed by atoms with van der Waals surface area (Å²) in [7, 11) is 0. The van der Waals surface area contributed by atoms with Crippen LogP contribution in [0.15, 0.2) is 211 Å². The molecule has 0 saturated heterocycles. The second-order valence-corrected chi connectivity index (χ2v) is 13.5. The number of furan rings is 1. The Morgan fingerprint density at radius 3 is 1.44 bits per heavy atom. The van der Waals surface area contributed by atoms with Gasteiger partial charge in [0.05, 0.1) is 5.69 Å². The van der Waals surface area contributed by atoms with Gasteiger partial charge in [0.2, 0.25) is 0 Å². The summed E-state index contributed by atoms with van der Waals surface area (Å²) in [5.41, 5.74) is 13.4. The standard InChI is InChI=1S/C52H37NO/c1-37-44(35-48-36-45-17-8-11-22-52(45)54-48)18-12-20-49(37)50-19-9-10-21-51(50)53(46-31-27-42(28-32-46)39-15-6-3-7-16-39)47-33-29-43(30-34-47)41-25-23-40(24-26-41)38-13-4-2-5-14-38/h2-36H,1H2/b44-35-. The quantitative estimate of drug-likeness (QED) is 0.158. The van der Waals surface area contributed by atoms with Crippen molar-refractivity contribution in [2.45, 2.75) is 0 Å². The molecule has 0 N–H and O–H groups in total. The number of hydrogen-bond acceptors (Lipinski definition) is 2. The van der Waals surface area contributed by atoms with Gasteiger partial charge in [0.1, 0.15) is 11.3 Å². The summed E-state index contributed by atoms with van der Waals surface area (Å²) < 4.78 is 6.17. The molecule has 256 valence electrons. The van der Waals surface area contributed by atoms with E-state index in [1.165, 1.54) is 33.4 Å². The zero-order valence-corrected chi connectivity index (χ0v) is 29.8. The maximum atomic E-state index is 6.17. The fraction of sp³-hybridized carbons (Fsp3) is 0. The summed E-state index contributed by atoms with van der Waals surface area (Å²) in [5.74, 6) is 0.807. The highest BCUT2D eigenvalue weighted by molar-refractivity contribution is 5.89. The van der Waals surface area contributed by atoms with Gasteiger partial charge in [-0.15, -0.1) is 0 Å². The maximum absolute atomic E-state index is 6.17. The van der Waals surface area contributed by atoms with Crippen LogP contribution in [0, 0.1) is 0 Å². The van der Waals surface area contributed by atoms with Crippen molar-refractivity contribution in [3.63, 3.8) is 0 Å². The van der Waals surface area contributed by atoms with Gasteiger partial charge in [0.25, 0.3) is 0 Å². The predicted octanol–water partition coefficient (Wildman–Crippen LogP) is 12.8. The van der Waals surface area contributed by atoms with Gasteiger partial charge in [-0.1, -0.05) is 170 Å². The Balaban J connectivity index is 1.13. The van der Waals surface area contributed by atoms with Gasteiger partial charge in [-0.25, -0.2) is 0 Å². The Labute approximate surface area is 315 Å². The highest BCUT2D eigenvalue weighted by Gasteiger charge is 2.18. The molecule has 2 nitrogen and oxygen atoms in total. The van der Waals surface area contributed by atoms with Crippen LogP contribution in [0.3, 0.4) is 0 Å². The molecule has 0 atom stereocenters. The average molecular weight is 692 g/mol. The number of hydrogen-bond donors (Lipinski definition) is 0. The lowest BCUT2D eigenvalue weighted by Gasteiger charge is -2.28. The third-order valence-electron chi connectivity index (χ3n) is 10.1. The molecule has 1 aromatic heterocycles. The normalized spacial score (nSPS) is 11.5. The van der Waals surface area contributed by atoms with Crippen molar-refractivity contribution in [1.29, 1.82) is 0 Å². The monoisotopic (exact) mass is 691 g/mol. The van der Waals surface area contributed by atoms with E-state index in [2.05, 4.69) is 206 Å². The Kier molecular flexibility index (Phi) is 8.76. The van der Waals surface area contributed by atoms with Crippen LogP contribution < -0.4 is 15.3 Å². The Morgan fingerprint density at radius 2 is 0.870 bits per heavy atom. The van der Waals surface area contributed by atoms with E-state index in [1.807, 2.05) is 18.2 Å². The summed E-state index contributed by atoms with van der Waals surface area (Å²) >= 11 is 0. The molecular weight excluding hydrogens is 655 g/mol. The molecular formula is C52H37NO. The van der Waals surface area contributed by atoms with Crippen LogP contribution in [0.25, 0.3) is 68.1 Å². The summed E-state index contributed by atoms with van der Waals surface area (Å²) in [5, 5.41) is 3.04. The number of nitrogens with zero attached hydrogens (tertiary/aromatic N) is 1. The van der Waals surface area contributed by atoms with Gasteiger partial charge in [0.15, 0.2) is 0 Å². The molecule has 1 heterocycles. The number of rotatable bonds is 8. The first-order valence-corrected chi connectivity index (χ1v) is 18.3. The zero-order chi connectivity index (χ0) is 36.3. The minimum atomic E-state index is 0.807. The molecule has 8 aromatic carbocycles. The van der Waals surface area contributed by atoms with Gasteiger partial charge < -0.3 is 9.32 Å². The topological polar surface area (TPSA) is 16.4 Å². The molecule has 2 heteroatoms. The van der Waals surface area contributed by atoms with E-state index < -0.39 is 0 Å². The first kappa shape index (κ1) is 32.7. The number of fused-ring (bicyclic) bond motifs is 1. The molecule has 0 saturated carbocycles. The molecule has 0 radical (unpaired) electrons. The van der Waals surface area contributed by atoms with Crippen LogP contribution in [-0.4, -0.2) is 0 Å². The van der Waals surface area contributed by atoms with Crippen molar-refractivity contribution in [1.82, 2.24) is 0 Å². The molecule has 0 spiro atoms. The van der Waals surface area contributed by atoms with E-state index in [0.717, 1.165) is 55.4 Å². The van der Waals surface area contributed by atoms with Crippen molar-refractivity contribution in [2.24, 2.45) is 0 Å². The average Bonchev–Trinajstić information content (AvgIpc) is 3.66. The minimum absolute atomic E-state index is 0.807. The van der Waals surface area contributed by atoms with Gasteiger partial charge in [-0.05, 0) is 97.9 Å². The first-order valence-electron chi connectivity index (χ1n) is 18.3. The van der Waals surface area contributed by atoms with Crippen molar-refractivity contribution in [3.8, 4) is 44.5 Å². The molecule has 54 heavy (non-hydrogen) atoms. The van der Waals surface area contributed by atoms with Crippen molar-refractivity contribution < 1.29 is 4.42 Å². The molecule has 0 fully saturated rings. The second-order valence-electron chi connectivity index (χ2n) is 13.5. The summed E-state index contributed by atoms with van der Waals surface area (Å²) in [6.45, 7) is 4.62. The van der Waals surface area contributed by atoms with Gasteiger partial charge in [0, 0.05) is 22.3 Å². The largest absolute Gasteiger partial charge is 0.457 e. The summed E-state index contributed by atoms with van der Waals surface area (Å²) in [4.78, 5) is 2.35. The molecule has 9 aromatic rings. The van der Waals surface area contributed by atoms with E-state index in [-0.39, 0.29) is 0 Å². The number of anilines is 3. The van der Waals surface area contributed by atoms with Crippen LogP contribution in [0.4, 0.5) is 17.1 Å². The zero-order valence-electron chi connectivity index (χ0n) is 29.8. The fourth-order valence-corrected chi connectivity index (χ4v) is 7.26. The Hall–Kier alpha value is -7.16. The third-order valence-corrected chi connectivity index (χ3v) is 10.1. The fourth-order valence-electron chi connectivity index (χ4n) is 7.26. The SMILES string of the molecule is C=c1c(-c2ccccc2N(c2ccc(-c3ccccc3)cc2)c2ccc(-c3ccc(-c4ccccc4)cc3)cc2)ccc/c1=C/c1cc2ccccc2o1. The second kappa shape index (κ2) is 14.5. The smallest absolute Gasteiger partial charge is 0.134 e. The number of para-hydroxylation sites is 2. The van der Waals surface area contributed by atoms with Gasteiger partial charge in [-0.3, -0.25) is 0 Å². The van der Waals surface area contributed by atoms with Crippen LogP contribution in [0.5, 0.6) is 0 Å². The van der Waals surface area contributed by atoms with E-state index in [0.29, 0.717) is 0 Å². The van der Waals surface area contributed by atoms with Crippen LogP contribution >= 0.6 is 0 Å². The summed E-state index contributed by atoms with van der Waals surface area (Å²) in [6.07, 6.45) is 2.08. The lowest BCUT2D eigenvalue weighted by atomic mass is 9.98. The molecule has 0 aliphatic heterocycles. The molecule has 0 unspecified atom stereocenters. The molecule has 0 aliphatic rings. The molecule has 0 bridgehead atoms. The van der Waals surface area contributed by atoms with Gasteiger partial charge in [-0.2, -0.15) is 0 Å². The minimum Gasteiger partial charge on any atom is -0.457 e. The van der Waals surface area contributed by atoms with Crippen molar-refractivity contribution >= 4 is 40.7 Å². The lowest BCUT2D eigenvalue weighted by Crippen LogP contribution is -2.25. The third kappa shape index (κ3) is 6.53. The van der Waals surface area contributed by atoms with E-state index in [1.54, 1.807) is 0 Å². The summed E-state index contributed by atoms with van der Waals surface area (Å²) in [6, 6.07) is 72.7. The molecule has 9 rings (SSSR count). The van der Waals surface area contributed by atoms with Crippen molar-refractivity contribution in [2.75, 3.05) is 4.90 Å². The Bertz CT molecular complexity index is 2770. The van der Waals surface area contributed by atoms with E-state index in [4.69, 9.17) is 4.42 Å². The van der Waals surface area contributed by atoms with Crippen LogP contribution in [-0.2, 0) is 0 Å². The van der Waals surface area contributed by atoms with Crippen LogP contribution in [0.1, 0.15) is 5.76 Å². The highest BCUT2D eigenvalue weighted by atomic mass is 16.3. The molecule has 0 aliphatic carbocycles.